The van der Waals surface area contributed by atoms with Gasteiger partial charge in [-0.15, -0.1) is 0 Å². The van der Waals surface area contributed by atoms with E-state index in [1.54, 1.807) is 30.2 Å². The van der Waals surface area contributed by atoms with Crippen molar-refractivity contribution in [2.75, 3.05) is 20.3 Å². The Bertz CT molecular complexity index is 1190. The van der Waals surface area contributed by atoms with Crippen LogP contribution < -0.4 is 14.8 Å². The van der Waals surface area contributed by atoms with Crippen LogP contribution in [0.3, 0.4) is 0 Å². The van der Waals surface area contributed by atoms with Crippen LogP contribution in [0.1, 0.15) is 25.0 Å². The van der Waals surface area contributed by atoms with E-state index < -0.39 is 6.04 Å². The molecule has 1 atom stereocenters. The van der Waals surface area contributed by atoms with Gasteiger partial charge in [0.1, 0.15) is 17.5 Å². The molecule has 3 aromatic carbocycles. The van der Waals surface area contributed by atoms with Crippen LogP contribution in [0.25, 0.3) is 0 Å². The molecule has 0 aromatic heterocycles. The SMILES string of the molecule is COc1cccc(CN(C(=O)COc2ccc(Cl)cc2Br)[C@H](Cc2ccccc2)C(=O)NCC(C)C)c1. The van der Waals surface area contributed by atoms with Gasteiger partial charge in [-0.3, -0.25) is 9.59 Å². The molecular weight excluding hydrogens is 556 g/mol. The zero-order chi connectivity index (χ0) is 26.8. The van der Waals surface area contributed by atoms with Gasteiger partial charge in [0.2, 0.25) is 5.91 Å². The minimum atomic E-state index is -0.739. The molecule has 0 aliphatic rings. The summed E-state index contributed by atoms with van der Waals surface area (Å²) in [5.74, 6) is 0.916. The van der Waals surface area contributed by atoms with Gasteiger partial charge in [-0.25, -0.2) is 0 Å². The van der Waals surface area contributed by atoms with E-state index in [0.29, 0.717) is 34.0 Å². The van der Waals surface area contributed by atoms with E-state index >= 15 is 0 Å². The summed E-state index contributed by atoms with van der Waals surface area (Å²) >= 11 is 9.46. The number of benzene rings is 3. The molecule has 0 bridgehead atoms. The number of rotatable bonds is 12. The standard InChI is InChI=1S/C29H32BrClN2O4/c1-20(2)17-32-29(35)26(15-21-8-5-4-6-9-21)33(18-22-10-7-11-24(14-22)36-3)28(34)19-37-27-13-12-23(31)16-25(27)30/h4-14,16,20,26H,15,17-19H2,1-3H3,(H,32,35)/t26-/m1/s1. The van der Waals surface area contributed by atoms with Crippen molar-refractivity contribution in [1.29, 1.82) is 0 Å². The van der Waals surface area contributed by atoms with Crippen LogP contribution in [0.2, 0.25) is 5.02 Å². The zero-order valence-electron chi connectivity index (χ0n) is 21.2. The molecule has 0 saturated carbocycles. The van der Waals surface area contributed by atoms with E-state index in [4.69, 9.17) is 21.1 Å². The molecular formula is C29H32BrClN2O4. The van der Waals surface area contributed by atoms with Crippen molar-refractivity contribution in [2.24, 2.45) is 5.92 Å². The van der Waals surface area contributed by atoms with E-state index in [0.717, 1.165) is 11.1 Å². The van der Waals surface area contributed by atoms with Gasteiger partial charge < -0.3 is 19.7 Å². The zero-order valence-corrected chi connectivity index (χ0v) is 23.6. The van der Waals surface area contributed by atoms with Crippen molar-refractivity contribution in [3.05, 3.63) is 93.4 Å². The summed E-state index contributed by atoms with van der Waals surface area (Å²) in [5, 5.41) is 3.57. The van der Waals surface area contributed by atoms with Gasteiger partial charge >= 0.3 is 0 Å². The normalized spacial score (nSPS) is 11.6. The van der Waals surface area contributed by atoms with Crippen LogP contribution in [0, 0.1) is 5.92 Å². The molecule has 0 aliphatic carbocycles. The third kappa shape index (κ3) is 8.79. The van der Waals surface area contributed by atoms with E-state index in [9.17, 15) is 9.59 Å². The number of halogens is 2. The number of carbonyl (C=O) groups excluding carboxylic acids is 2. The highest BCUT2D eigenvalue weighted by Crippen LogP contribution is 2.28. The van der Waals surface area contributed by atoms with Crippen molar-refractivity contribution in [1.82, 2.24) is 10.2 Å². The number of carbonyl (C=O) groups is 2. The molecule has 3 rings (SSSR count). The van der Waals surface area contributed by atoms with Gasteiger partial charge in [-0.2, -0.15) is 0 Å². The lowest BCUT2D eigenvalue weighted by Gasteiger charge is -2.32. The van der Waals surface area contributed by atoms with Gasteiger partial charge in [0.05, 0.1) is 11.6 Å². The smallest absolute Gasteiger partial charge is 0.261 e. The first-order valence-electron chi connectivity index (χ1n) is 12.1. The molecule has 1 N–H and O–H groups in total. The Morgan fingerprint density at radius 1 is 1.00 bits per heavy atom. The van der Waals surface area contributed by atoms with Crippen LogP contribution in [0.4, 0.5) is 0 Å². The molecule has 0 saturated heterocycles. The average molecular weight is 588 g/mol. The second kappa shape index (κ2) is 14.1. The maximum Gasteiger partial charge on any atom is 0.261 e. The summed E-state index contributed by atoms with van der Waals surface area (Å²) in [4.78, 5) is 28.7. The van der Waals surface area contributed by atoms with Crippen molar-refractivity contribution in [3.63, 3.8) is 0 Å². The fourth-order valence-electron chi connectivity index (χ4n) is 3.76. The fraction of sp³-hybridized carbons (Fsp3) is 0.310. The largest absolute Gasteiger partial charge is 0.497 e. The molecule has 37 heavy (non-hydrogen) atoms. The number of hydrogen-bond acceptors (Lipinski definition) is 4. The molecule has 0 heterocycles. The van der Waals surface area contributed by atoms with E-state index in [-0.39, 0.29) is 30.9 Å². The second-order valence-corrected chi connectivity index (χ2v) is 10.4. The van der Waals surface area contributed by atoms with Crippen molar-refractivity contribution in [2.45, 2.75) is 32.9 Å². The maximum atomic E-state index is 13.7. The molecule has 196 valence electrons. The van der Waals surface area contributed by atoms with Crippen LogP contribution in [-0.2, 0) is 22.6 Å². The molecule has 0 unspecified atom stereocenters. The Morgan fingerprint density at radius 3 is 2.41 bits per heavy atom. The molecule has 0 fully saturated rings. The molecule has 0 radical (unpaired) electrons. The highest BCUT2D eigenvalue weighted by molar-refractivity contribution is 9.10. The van der Waals surface area contributed by atoms with Gasteiger partial charge in [0, 0.05) is 24.5 Å². The summed E-state index contributed by atoms with van der Waals surface area (Å²) < 4.78 is 11.9. The predicted molar refractivity (Wildman–Crippen MR) is 150 cm³/mol. The molecule has 8 heteroatoms. The summed E-state index contributed by atoms with van der Waals surface area (Å²) in [6.45, 7) is 4.55. The first-order chi connectivity index (χ1) is 17.8. The third-order valence-electron chi connectivity index (χ3n) is 5.69. The second-order valence-electron chi connectivity index (χ2n) is 9.08. The predicted octanol–water partition coefficient (Wildman–Crippen LogP) is 5.90. The topological polar surface area (TPSA) is 67.9 Å². The number of hydrogen-bond donors (Lipinski definition) is 1. The van der Waals surface area contributed by atoms with Crippen LogP contribution in [0.5, 0.6) is 11.5 Å². The lowest BCUT2D eigenvalue weighted by molar-refractivity contribution is -0.142. The van der Waals surface area contributed by atoms with Gasteiger partial charge in [0.25, 0.3) is 5.91 Å². The van der Waals surface area contributed by atoms with E-state index in [1.165, 1.54) is 0 Å². The monoisotopic (exact) mass is 586 g/mol. The average Bonchev–Trinajstić information content (AvgIpc) is 2.89. The van der Waals surface area contributed by atoms with Crippen LogP contribution in [-0.4, -0.2) is 43.0 Å². The number of methoxy groups -OCH3 is 1. The Balaban J connectivity index is 1.92. The first-order valence-corrected chi connectivity index (χ1v) is 13.3. The minimum absolute atomic E-state index is 0.207. The number of nitrogens with one attached hydrogen (secondary N) is 1. The highest BCUT2D eigenvalue weighted by Gasteiger charge is 2.31. The van der Waals surface area contributed by atoms with Crippen molar-refractivity contribution in [3.8, 4) is 11.5 Å². The number of nitrogens with zero attached hydrogens (tertiary/aromatic N) is 1. The first kappa shape index (κ1) is 28.5. The summed E-state index contributed by atoms with van der Waals surface area (Å²) in [7, 11) is 1.59. The Hall–Kier alpha value is -3.03. The lowest BCUT2D eigenvalue weighted by Crippen LogP contribution is -2.52. The Morgan fingerprint density at radius 2 is 1.73 bits per heavy atom. The number of amides is 2. The van der Waals surface area contributed by atoms with Crippen LogP contribution >= 0.6 is 27.5 Å². The van der Waals surface area contributed by atoms with Gasteiger partial charge in [0.15, 0.2) is 6.61 Å². The van der Waals surface area contributed by atoms with E-state index in [1.807, 2.05) is 68.4 Å². The minimum Gasteiger partial charge on any atom is -0.497 e. The summed E-state index contributed by atoms with van der Waals surface area (Å²) in [5.41, 5.74) is 1.80. The fourth-order valence-corrected chi connectivity index (χ4v) is 4.56. The highest BCUT2D eigenvalue weighted by atomic mass is 79.9. The third-order valence-corrected chi connectivity index (χ3v) is 6.54. The van der Waals surface area contributed by atoms with Crippen LogP contribution in [0.15, 0.2) is 77.3 Å². The quantitative estimate of drug-likeness (QED) is 0.286. The summed E-state index contributed by atoms with van der Waals surface area (Å²) in [6, 6.07) is 21.5. The molecule has 6 nitrogen and oxygen atoms in total. The Kier molecular flexibility index (Phi) is 10.8. The molecule has 0 spiro atoms. The molecule has 3 aromatic rings. The Labute approximate surface area is 232 Å². The van der Waals surface area contributed by atoms with Crippen molar-refractivity contribution >= 4 is 39.3 Å². The maximum absolute atomic E-state index is 13.7. The lowest BCUT2D eigenvalue weighted by atomic mass is 10.0. The van der Waals surface area contributed by atoms with Gasteiger partial charge in [-0.05, 0) is 63.3 Å². The van der Waals surface area contributed by atoms with Gasteiger partial charge in [-0.1, -0.05) is 67.9 Å². The van der Waals surface area contributed by atoms with Crippen molar-refractivity contribution < 1.29 is 19.1 Å². The molecule has 0 aliphatic heterocycles. The summed E-state index contributed by atoms with van der Waals surface area (Å²) in [6.07, 6.45) is 0.366. The molecule has 2 amide bonds. The van der Waals surface area contributed by atoms with E-state index in [2.05, 4.69) is 21.2 Å². The number of ether oxygens (including phenoxy) is 2.